The van der Waals surface area contributed by atoms with Crippen LogP contribution in [0, 0.1) is 0 Å². The molecular formula is C22H21NO5S2. The average Bonchev–Trinajstić information content (AvgIpc) is 3.17. The third-order valence-electron chi connectivity index (χ3n) is 4.48. The predicted molar refractivity (Wildman–Crippen MR) is 118 cm³/mol. The molecule has 8 heteroatoms. The molecule has 0 aliphatic heterocycles. The Labute approximate surface area is 179 Å². The van der Waals surface area contributed by atoms with Gasteiger partial charge in [-0.2, -0.15) is 0 Å². The van der Waals surface area contributed by atoms with Gasteiger partial charge in [0.1, 0.15) is 4.88 Å². The molecular weight excluding hydrogens is 422 g/mol. The van der Waals surface area contributed by atoms with Crippen molar-refractivity contribution in [2.24, 2.45) is 0 Å². The summed E-state index contributed by atoms with van der Waals surface area (Å²) in [7, 11) is -2.14. The number of rotatable bonds is 6. The van der Waals surface area contributed by atoms with Gasteiger partial charge in [0, 0.05) is 10.4 Å². The van der Waals surface area contributed by atoms with Gasteiger partial charge in [0.2, 0.25) is 0 Å². The molecule has 3 rings (SSSR count). The van der Waals surface area contributed by atoms with Crippen molar-refractivity contribution >= 4 is 38.7 Å². The van der Waals surface area contributed by atoms with Crippen LogP contribution in [0.3, 0.4) is 0 Å². The van der Waals surface area contributed by atoms with Crippen LogP contribution in [0.2, 0.25) is 0 Å². The van der Waals surface area contributed by atoms with E-state index in [0.29, 0.717) is 5.69 Å². The van der Waals surface area contributed by atoms with Crippen molar-refractivity contribution in [2.75, 3.05) is 12.4 Å². The third kappa shape index (κ3) is 4.44. The number of hydrogen-bond donors (Lipinski definition) is 1. The quantitative estimate of drug-likeness (QED) is 0.561. The summed E-state index contributed by atoms with van der Waals surface area (Å²) in [5.74, 6) is -0.998. The van der Waals surface area contributed by atoms with Crippen molar-refractivity contribution in [1.82, 2.24) is 0 Å². The Morgan fingerprint density at radius 2 is 1.63 bits per heavy atom. The Morgan fingerprint density at radius 3 is 2.20 bits per heavy atom. The van der Waals surface area contributed by atoms with Crippen LogP contribution in [-0.4, -0.2) is 32.7 Å². The maximum absolute atomic E-state index is 12.7. The summed E-state index contributed by atoms with van der Waals surface area (Å²) in [6, 6.07) is 16.9. The van der Waals surface area contributed by atoms with Crippen LogP contribution in [0.25, 0.3) is 10.4 Å². The fourth-order valence-corrected chi connectivity index (χ4v) is 4.83. The molecule has 0 fully saturated rings. The summed E-state index contributed by atoms with van der Waals surface area (Å²) in [6.45, 7) is 3.20. The first-order chi connectivity index (χ1) is 14.2. The molecule has 6 nitrogen and oxygen atoms in total. The maximum atomic E-state index is 12.7. The highest BCUT2D eigenvalue weighted by molar-refractivity contribution is 7.92. The zero-order valence-corrected chi connectivity index (χ0v) is 18.3. The SMILES string of the molecule is COC(=O)c1sc(-c2ccccc2)cc1NC(=O)c1ccc(S(=O)(=O)C(C)C)cc1. The number of methoxy groups -OCH3 is 1. The largest absolute Gasteiger partial charge is 0.465 e. The second kappa shape index (κ2) is 8.81. The Kier molecular flexibility index (Phi) is 6.38. The molecule has 1 N–H and O–H groups in total. The van der Waals surface area contributed by atoms with Crippen molar-refractivity contribution in [2.45, 2.75) is 24.0 Å². The first-order valence-corrected chi connectivity index (χ1v) is 11.5. The number of carbonyl (C=O) groups is 2. The summed E-state index contributed by atoms with van der Waals surface area (Å²) in [5, 5.41) is 2.18. The van der Waals surface area contributed by atoms with Crippen LogP contribution < -0.4 is 5.32 Å². The fraction of sp³-hybridized carbons (Fsp3) is 0.182. The van der Waals surface area contributed by atoms with Gasteiger partial charge in [-0.1, -0.05) is 30.3 Å². The van der Waals surface area contributed by atoms with Gasteiger partial charge in [-0.15, -0.1) is 11.3 Å². The number of sulfone groups is 1. The molecule has 0 unspecified atom stereocenters. The van der Waals surface area contributed by atoms with Crippen molar-refractivity contribution in [3.8, 4) is 10.4 Å². The lowest BCUT2D eigenvalue weighted by atomic mass is 10.2. The lowest BCUT2D eigenvalue weighted by Gasteiger charge is -2.09. The van der Waals surface area contributed by atoms with Crippen LogP contribution in [0.15, 0.2) is 65.6 Å². The van der Waals surface area contributed by atoms with Gasteiger partial charge in [-0.25, -0.2) is 13.2 Å². The number of esters is 1. The molecule has 0 aliphatic carbocycles. The van der Waals surface area contributed by atoms with Crippen LogP contribution in [-0.2, 0) is 14.6 Å². The molecule has 1 heterocycles. The first kappa shape index (κ1) is 21.7. The van der Waals surface area contributed by atoms with Gasteiger partial charge < -0.3 is 10.1 Å². The number of hydrogen-bond acceptors (Lipinski definition) is 6. The van der Waals surface area contributed by atoms with Gasteiger partial charge in [0.25, 0.3) is 5.91 Å². The first-order valence-electron chi connectivity index (χ1n) is 9.17. The minimum Gasteiger partial charge on any atom is -0.465 e. The summed E-state index contributed by atoms with van der Waals surface area (Å²) in [5.41, 5.74) is 1.53. The number of carbonyl (C=O) groups excluding carboxylic acids is 2. The monoisotopic (exact) mass is 443 g/mol. The maximum Gasteiger partial charge on any atom is 0.350 e. The Hall–Kier alpha value is -2.97. The van der Waals surface area contributed by atoms with E-state index in [4.69, 9.17) is 4.74 Å². The molecule has 0 spiro atoms. The number of anilines is 1. The lowest BCUT2D eigenvalue weighted by molar-refractivity contribution is 0.0607. The van der Waals surface area contributed by atoms with Crippen LogP contribution in [0.1, 0.15) is 33.9 Å². The van der Waals surface area contributed by atoms with Crippen molar-refractivity contribution < 1.29 is 22.7 Å². The number of amides is 1. The van der Waals surface area contributed by atoms with Crippen molar-refractivity contribution in [1.29, 1.82) is 0 Å². The van der Waals surface area contributed by atoms with E-state index in [-0.39, 0.29) is 15.3 Å². The van der Waals surface area contributed by atoms with E-state index < -0.39 is 27.0 Å². The molecule has 0 aliphatic rings. The Morgan fingerprint density at radius 1 is 1.00 bits per heavy atom. The molecule has 0 saturated heterocycles. The van der Waals surface area contributed by atoms with Gasteiger partial charge >= 0.3 is 5.97 Å². The summed E-state index contributed by atoms with van der Waals surface area (Å²) in [4.78, 5) is 26.1. The minimum atomic E-state index is -3.42. The zero-order valence-electron chi connectivity index (χ0n) is 16.7. The van der Waals surface area contributed by atoms with Gasteiger partial charge in [-0.3, -0.25) is 4.79 Å². The number of benzene rings is 2. The normalized spacial score (nSPS) is 11.3. The summed E-state index contributed by atoms with van der Waals surface area (Å²) >= 11 is 1.22. The van der Waals surface area contributed by atoms with Crippen molar-refractivity contribution in [3.05, 3.63) is 71.1 Å². The minimum absolute atomic E-state index is 0.159. The molecule has 0 bridgehead atoms. The predicted octanol–water partition coefficient (Wildman–Crippen LogP) is 4.64. The number of nitrogens with one attached hydrogen (secondary N) is 1. The van der Waals surface area contributed by atoms with Gasteiger partial charge in [0.15, 0.2) is 9.84 Å². The van der Waals surface area contributed by atoms with Crippen LogP contribution in [0.5, 0.6) is 0 Å². The van der Waals surface area contributed by atoms with Gasteiger partial charge in [-0.05, 0) is 49.7 Å². The smallest absolute Gasteiger partial charge is 0.350 e. The van der Waals surface area contributed by atoms with E-state index in [2.05, 4.69) is 5.32 Å². The number of ether oxygens (including phenoxy) is 1. The highest BCUT2D eigenvalue weighted by Crippen LogP contribution is 2.35. The van der Waals surface area contributed by atoms with E-state index in [0.717, 1.165) is 10.4 Å². The number of thiophene rings is 1. The highest BCUT2D eigenvalue weighted by Gasteiger charge is 2.22. The topological polar surface area (TPSA) is 89.5 Å². The molecule has 0 radical (unpaired) electrons. The molecule has 3 aromatic rings. The average molecular weight is 444 g/mol. The molecule has 1 amide bonds. The lowest BCUT2D eigenvalue weighted by Crippen LogP contribution is -2.16. The van der Waals surface area contributed by atoms with Crippen molar-refractivity contribution in [3.63, 3.8) is 0 Å². The van der Waals surface area contributed by atoms with E-state index in [1.165, 1.54) is 42.7 Å². The van der Waals surface area contributed by atoms with E-state index in [1.54, 1.807) is 19.9 Å². The molecule has 0 atom stereocenters. The molecule has 0 saturated carbocycles. The Balaban J connectivity index is 1.89. The molecule has 2 aromatic carbocycles. The van der Waals surface area contributed by atoms with E-state index in [9.17, 15) is 18.0 Å². The summed E-state index contributed by atoms with van der Waals surface area (Å²) < 4.78 is 29.3. The van der Waals surface area contributed by atoms with E-state index in [1.807, 2.05) is 30.3 Å². The molecule has 156 valence electrons. The molecule has 1 aromatic heterocycles. The molecule has 30 heavy (non-hydrogen) atoms. The highest BCUT2D eigenvalue weighted by atomic mass is 32.2. The third-order valence-corrected chi connectivity index (χ3v) is 7.81. The Bertz CT molecular complexity index is 1160. The summed E-state index contributed by atoms with van der Waals surface area (Å²) in [6.07, 6.45) is 0. The van der Waals surface area contributed by atoms with Crippen LogP contribution >= 0.6 is 11.3 Å². The van der Waals surface area contributed by atoms with Gasteiger partial charge in [0.05, 0.1) is 22.9 Å². The second-order valence-electron chi connectivity index (χ2n) is 6.78. The standard InChI is InChI=1S/C22H21NO5S2/c1-14(2)30(26,27)17-11-9-16(10-12-17)21(24)23-18-13-19(15-7-5-4-6-8-15)29-20(18)22(25)28-3/h4-14H,1-3H3,(H,23,24). The second-order valence-corrected chi connectivity index (χ2v) is 10.3. The van der Waals surface area contributed by atoms with Crippen LogP contribution in [0.4, 0.5) is 5.69 Å². The fourth-order valence-electron chi connectivity index (χ4n) is 2.74. The zero-order chi connectivity index (χ0) is 21.9. The van der Waals surface area contributed by atoms with E-state index >= 15 is 0 Å².